The number of methoxy groups -OCH3 is 1. The van der Waals surface area contributed by atoms with Crippen molar-refractivity contribution in [2.24, 2.45) is 0 Å². The lowest BCUT2D eigenvalue weighted by Gasteiger charge is -2.14. The Morgan fingerprint density at radius 3 is 2.83 bits per heavy atom. The van der Waals surface area contributed by atoms with Crippen molar-refractivity contribution in [2.45, 2.75) is 37.4 Å². The lowest BCUT2D eigenvalue weighted by Crippen LogP contribution is -2.17. The van der Waals surface area contributed by atoms with Crippen LogP contribution in [0.15, 0.2) is 42.1 Å². The number of nitrogens with one attached hydrogen (secondary N) is 1. The molecule has 1 aliphatic rings. The van der Waals surface area contributed by atoms with Gasteiger partial charge in [-0.2, -0.15) is 0 Å². The second-order valence-corrected chi connectivity index (χ2v) is 10.4. The quantitative estimate of drug-likeness (QED) is 0.254. The average molecular weight is 512 g/mol. The summed E-state index contributed by atoms with van der Waals surface area (Å²) in [5, 5.41) is 12.9. The Balaban J connectivity index is 1.51. The lowest BCUT2D eigenvalue weighted by molar-refractivity contribution is -0.113. The SMILES string of the molecule is C=CCn1c(SCC(=O)Nc2sc3c(c2C(=O)OC)CCCC3)nnc1-c1cccc(N(C)C)c1. The molecule has 1 aromatic carbocycles. The molecule has 4 rings (SSSR count). The Bertz CT molecular complexity index is 1250. The summed E-state index contributed by atoms with van der Waals surface area (Å²) >= 11 is 2.78. The second-order valence-electron chi connectivity index (χ2n) is 8.39. The maximum absolute atomic E-state index is 12.9. The first kappa shape index (κ1) is 25.0. The van der Waals surface area contributed by atoms with Gasteiger partial charge in [-0.05, 0) is 43.4 Å². The van der Waals surface area contributed by atoms with Crippen LogP contribution in [-0.4, -0.2) is 53.6 Å². The fraction of sp³-hybridized carbons (Fsp3) is 0.360. The molecule has 0 radical (unpaired) electrons. The number of carbonyl (C=O) groups is 2. The highest BCUT2D eigenvalue weighted by Crippen LogP contribution is 2.38. The van der Waals surface area contributed by atoms with Gasteiger partial charge in [0.1, 0.15) is 5.00 Å². The highest BCUT2D eigenvalue weighted by atomic mass is 32.2. The van der Waals surface area contributed by atoms with Crippen LogP contribution in [0.4, 0.5) is 10.7 Å². The number of thioether (sulfide) groups is 1. The molecule has 10 heteroatoms. The summed E-state index contributed by atoms with van der Waals surface area (Å²) in [6, 6.07) is 8.06. The predicted octanol–water partition coefficient (Wildman–Crippen LogP) is 4.65. The molecule has 35 heavy (non-hydrogen) atoms. The fourth-order valence-corrected chi connectivity index (χ4v) is 6.13. The number of benzene rings is 1. The molecule has 0 fully saturated rings. The van der Waals surface area contributed by atoms with Crippen LogP contribution in [0.5, 0.6) is 0 Å². The molecule has 8 nitrogen and oxygen atoms in total. The molecule has 1 N–H and O–H groups in total. The molecule has 0 spiro atoms. The van der Waals surface area contributed by atoms with Crippen molar-refractivity contribution in [3.63, 3.8) is 0 Å². The number of carbonyl (C=O) groups excluding carboxylic acids is 2. The van der Waals surface area contributed by atoms with Crippen LogP contribution in [-0.2, 0) is 28.9 Å². The number of allylic oxidation sites excluding steroid dienone is 1. The Morgan fingerprint density at radius 2 is 2.09 bits per heavy atom. The summed E-state index contributed by atoms with van der Waals surface area (Å²) in [5.74, 6) is 0.247. The van der Waals surface area contributed by atoms with E-state index in [9.17, 15) is 9.59 Å². The number of anilines is 2. The van der Waals surface area contributed by atoms with E-state index in [-0.39, 0.29) is 11.7 Å². The molecule has 2 heterocycles. The van der Waals surface area contributed by atoms with Gasteiger partial charge in [-0.15, -0.1) is 28.1 Å². The summed E-state index contributed by atoms with van der Waals surface area (Å²) in [5.41, 5.74) is 3.52. The third kappa shape index (κ3) is 5.43. The van der Waals surface area contributed by atoms with Gasteiger partial charge < -0.3 is 15.0 Å². The molecule has 0 atom stereocenters. The molecule has 1 aliphatic carbocycles. The maximum Gasteiger partial charge on any atom is 0.341 e. The number of aryl methyl sites for hydroxylation is 1. The van der Waals surface area contributed by atoms with Crippen LogP contribution in [0.3, 0.4) is 0 Å². The van der Waals surface area contributed by atoms with Gasteiger partial charge in [0.2, 0.25) is 5.91 Å². The Hall–Kier alpha value is -3.11. The summed E-state index contributed by atoms with van der Waals surface area (Å²) < 4.78 is 6.95. The van der Waals surface area contributed by atoms with E-state index in [1.54, 1.807) is 6.08 Å². The smallest absolute Gasteiger partial charge is 0.341 e. The minimum atomic E-state index is -0.400. The molecule has 184 valence electrons. The van der Waals surface area contributed by atoms with Crippen LogP contribution >= 0.6 is 23.1 Å². The maximum atomic E-state index is 12.9. The number of nitrogens with zero attached hydrogens (tertiary/aromatic N) is 4. The number of ether oxygens (including phenoxy) is 1. The zero-order valence-corrected chi connectivity index (χ0v) is 21.8. The zero-order valence-electron chi connectivity index (χ0n) is 20.2. The van der Waals surface area contributed by atoms with Crippen LogP contribution in [0.1, 0.15) is 33.6 Å². The second kappa shape index (κ2) is 11.1. The van der Waals surface area contributed by atoms with E-state index >= 15 is 0 Å². The molecule has 0 saturated carbocycles. The Labute approximate surface area is 213 Å². The molecule has 0 bridgehead atoms. The van der Waals surface area contributed by atoms with E-state index in [0.717, 1.165) is 53.2 Å². The van der Waals surface area contributed by atoms with Crippen LogP contribution < -0.4 is 10.2 Å². The van der Waals surface area contributed by atoms with E-state index in [2.05, 4.69) is 28.2 Å². The van der Waals surface area contributed by atoms with Crippen molar-refractivity contribution in [1.29, 1.82) is 0 Å². The zero-order chi connectivity index (χ0) is 24.9. The molecular formula is C25H29N5O3S2. The number of fused-ring (bicyclic) bond motifs is 1. The minimum Gasteiger partial charge on any atom is -0.465 e. The van der Waals surface area contributed by atoms with E-state index in [1.165, 1.54) is 30.2 Å². The molecule has 0 aliphatic heterocycles. The molecule has 1 amide bonds. The standard InChI is InChI=1S/C25H29N5O3S2/c1-5-13-30-22(16-9-8-10-17(14-16)29(2)3)27-28-25(30)34-15-20(31)26-23-21(24(32)33-4)18-11-6-7-12-19(18)35-23/h5,8-10,14H,1,6-7,11-13,15H2,2-4H3,(H,26,31). The van der Waals surface area contributed by atoms with Crippen molar-refractivity contribution in [2.75, 3.05) is 37.2 Å². The van der Waals surface area contributed by atoms with E-state index in [0.29, 0.717) is 22.3 Å². The lowest BCUT2D eigenvalue weighted by atomic mass is 9.95. The number of esters is 1. The first-order valence-corrected chi connectivity index (χ1v) is 13.2. The van der Waals surface area contributed by atoms with Crippen molar-refractivity contribution in [3.05, 3.63) is 52.9 Å². The molecule has 0 saturated heterocycles. The highest BCUT2D eigenvalue weighted by molar-refractivity contribution is 7.99. The van der Waals surface area contributed by atoms with Crippen molar-refractivity contribution in [3.8, 4) is 11.4 Å². The Morgan fingerprint density at radius 1 is 1.29 bits per heavy atom. The largest absolute Gasteiger partial charge is 0.465 e. The summed E-state index contributed by atoms with van der Waals surface area (Å²) in [6.45, 7) is 4.38. The van der Waals surface area contributed by atoms with E-state index in [4.69, 9.17) is 4.74 Å². The number of amides is 1. The normalized spacial score (nSPS) is 12.7. The van der Waals surface area contributed by atoms with Crippen molar-refractivity contribution < 1.29 is 14.3 Å². The minimum absolute atomic E-state index is 0.135. The molecule has 3 aromatic rings. The summed E-state index contributed by atoms with van der Waals surface area (Å²) in [6.07, 6.45) is 5.68. The third-order valence-corrected chi connectivity index (χ3v) is 7.97. The number of hydrogen-bond acceptors (Lipinski definition) is 8. The van der Waals surface area contributed by atoms with Crippen molar-refractivity contribution >= 4 is 45.7 Å². The number of aromatic nitrogens is 3. The monoisotopic (exact) mass is 511 g/mol. The van der Waals surface area contributed by atoms with Gasteiger partial charge >= 0.3 is 5.97 Å². The fourth-order valence-electron chi connectivity index (χ4n) is 4.09. The predicted molar refractivity (Wildman–Crippen MR) is 142 cm³/mol. The number of hydrogen-bond donors (Lipinski definition) is 1. The van der Waals surface area contributed by atoms with E-state index < -0.39 is 5.97 Å². The summed E-state index contributed by atoms with van der Waals surface area (Å²) in [7, 11) is 5.35. The summed E-state index contributed by atoms with van der Waals surface area (Å²) in [4.78, 5) is 28.5. The van der Waals surface area contributed by atoms with Gasteiger partial charge in [0.25, 0.3) is 0 Å². The average Bonchev–Trinajstić information content (AvgIpc) is 3.43. The molecular weight excluding hydrogens is 482 g/mol. The van der Waals surface area contributed by atoms with Crippen LogP contribution in [0.25, 0.3) is 11.4 Å². The van der Waals surface area contributed by atoms with Crippen molar-refractivity contribution in [1.82, 2.24) is 14.8 Å². The first-order chi connectivity index (χ1) is 16.9. The Kier molecular flexibility index (Phi) is 7.92. The number of thiophene rings is 1. The third-order valence-electron chi connectivity index (χ3n) is 5.80. The van der Waals surface area contributed by atoms with E-state index in [1.807, 2.05) is 41.8 Å². The van der Waals surface area contributed by atoms with Crippen LogP contribution in [0.2, 0.25) is 0 Å². The molecule has 0 unspecified atom stereocenters. The highest BCUT2D eigenvalue weighted by Gasteiger charge is 2.27. The van der Waals surface area contributed by atoms with Gasteiger partial charge in [-0.1, -0.05) is 30.0 Å². The van der Waals surface area contributed by atoms with Gasteiger partial charge in [0.05, 0.1) is 18.4 Å². The van der Waals surface area contributed by atoms with Gasteiger partial charge in [-0.3, -0.25) is 9.36 Å². The first-order valence-electron chi connectivity index (χ1n) is 11.4. The van der Waals surface area contributed by atoms with Gasteiger partial charge in [-0.25, -0.2) is 4.79 Å². The van der Waals surface area contributed by atoms with Gasteiger partial charge in [0.15, 0.2) is 11.0 Å². The molecule has 2 aromatic heterocycles. The number of rotatable bonds is 9. The van der Waals surface area contributed by atoms with Crippen LogP contribution in [0, 0.1) is 0 Å². The van der Waals surface area contributed by atoms with Gasteiger partial charge in [0, 0.05) is 36.8 Å². The topological polar surface area (TPSA) is 89.3 Å².